The van der Waals surface area contributed by atoms with E-state index < -0.39 is 24.2 Å². The van der Waals surface area contributed by atoms with Crippen LogP contribution in [0.5, 0.6) is 0 Å². The van der Waals surface area contributed by atoms with E-state index in [4.69, 9.17) is 0 Å². The molecule has 0 radical (unpaired) electrons. The smallest absolute Gasteiger partial charge is 0.263 e. The Morgan fingerprint density at radius 3 is 2.10 bits per heavy atom. The van der Waals surface area contributed by atoms with E-state index in [1.165, 1.54) is 30.3 Å². The second kappa shape index (κ2) is 6.58. The second-order valence-corrected chi connectivity index (χ2v) is 5.36. The van der Waals surface area contributed by atoms with Crippen molar-refractivity contribution in [2.45, 2.75) is 19.0 Å². The maximum absolute atomic E-state index is 13.8. The molecule has 1 atom stereocenters. The molecule has 0 saturated carbocycles. The molecule has 1 N–H and O–H groups in total. The molecule has 0 saturated heterocycles. The van der Waals surface area contributed by atoms with E-state index in [0.29, 0.717) is 5.56 Å². The molecule has 1 unspecified atom stereocenters. The normalized spacial score (nSPS) is 12.7. The topological polar surface area (TPSA) is 20.2 Å². The van der Waals surface area contributed by atoms with Crippen LogP contribution in [-0.2, 0) is 6.42 Å². The number of halogens is 5. The minimum Gasteiger partial charge on any atom is -0.388 e. The van der Waals surface area contributed by atoms with Crippen LogP contribution in [0.15, 0.2) is 40.9 Å². The molecule has 6 heteroatoms. The van der Waals surface area contributed by atoms with Gasteiger partial charge in [0, 0.05) is 17.5 Å². The SMILES string of the molecule is OC(Cc1c(F)ccc(Br)c1F)c1ccc(C(F)F)cc1. The van der Waals surface area contributed by atoms with Crippen LogP contribution in [0.25, 0.3) is 0 Å². The molecule has 0 aromatic heterocycles. The number of rotatable bonds is 4. The van der Waals surface area contributed by atoms with Crippen molar-refractivity contribution in [2.75, 3.05) is 0 Å². The summed E-state index contributed by atoms with van der Waals surface area (Å²) in [5.74, 6) is -1.54. The fourth-order valence-corrected chi connectivity index (χ4v) is 2.30. The first-order valence-corrected chi connectivity index (χ1v) is 6.88. The molecule has 0 spiro atoms. The summed E-state index contributed by atoms with van der Waals surface area (Å²) < 4.78 is 52.4. The molecule has 1 nitrogen and oxygen atoms in total. The van der Waals surface area contributed by atoms with E-state index in [-0.39, 0.29) is 22.0 Å². The molecule has 112 valence electrons. The quantitative estimate of drug-likeness (QED) is 0.603. The average Bonchev–Trinajstić information content (AvgIpc) is 2.47. The van der Waals surface area contributed by atoms with Gasteiger partial charge in [0.05, 0.1) is 10.6 Å². The number of benzene rings is 2. The van der Waals surface area contributed by atoms with Crippen molar-refractivity contribution in [3.63, 3.8) is 0 Å². The lowest BCUT2D eigenvalue weighted by atomic mass is 9.99. The van der Waals surface area contributed by atoms with Crippen molar-refractivity contribution in [3.05, 3.63) is 69.2 Å². The number of alkyl halides is 2. The first-order chi connectivity index (χ1) is 9.90. The monoisotopic (exact) mass is 362 g/mol. The Kier molecular flexibility index (Phi) is 5.00. The van der Waals surface area contributed by atoms with Gasteiger partial charge in [-0.2, -0.15) is 0 Å². The third kappa shape index (κ3) is 3.63. The van der Waals surface area contributed by atoms with Crippen LogP contribution in [0.3, 0.4) is 0 Å². The second-order valence-electron chi connectivity index (χ2n) is 4.51. The molecule has 0 aliphatic carbocycles. The largest absolute Gasteiger partial charge is 0.388 e. The standard InChI is InChI=1S/C15H11BrF4O/c16-11-5-6-12(17)10(14(11)18)7-13(21)8-1-3-9(4-2-8)15(19)20/h1-6,13,15,21H,7H2. The number of aliphatic hydroxyl groups excluding tert-OH is 1. The van der Waals surface area contributed by atoms with E-state index in [2.05, 4.69) is 15.9 Å². The Balaban J connectivity index is 2.22. The highest BCUT2D eigenvalue weighted by Gasteiger charge is 2.18. The van der Waals surface area contributed by atoms with Crippen molar-refractivity contribution < 1.29 is 22.7 Å². The van der Waals surface area contributed by atoms with E-state index in [1.54, 1.807) is 0 Å². The fraction of sp³-hybridized carbons (Fsp3) is 0.200. The predicted molar refractivity (Wildman–Crippen MR) is 74.1 cm³/mol. The van der Waals surface area contributed by atoms with Gasteiger partial charge in [-0.15, -0.1) is 0 Å². The zero-order valence-corrected chi connectivity index (χ0v) is 12.2. The Hall–Kier alpha value is -1.40. The Morgan fingerprint density at radius 2 is 1.52 bits per heavy atom. The van der Waals surface area contributed by atoms with Gasteiger partial charge in [0.25, 0.3) is 6.43 Å². The first-order valence-electron chi connectivity index (χ1n) is 6.08. The molecular formula is C15H11BrF4O. The molecule has 0 aliphatic heterocycles. The Morgan fingerprint density at radius 1 is 0.952 bits per heavy atom. The lowest BCUT2D eigenvalue weighted by Crippen LogP contribution is -2.06. The minimum atomic E-state index is -2.60. The number of hydrogen-bond acceptors (Lipinski definition) is 1. The highest BCUT2D eigenvalue weighted by atomic mass is 79.9. The molecule has 2 aromatic carbocycles. The molecule has 0 bridgehead atoms. The summed E-state index contributed by atoms with van der Waals surface area (Å²) in [4.78, 5) is 0. The summed E-state index contributed by atoms with van der Waals surface area (Å²) in [5, 5.41) is 10.0. The highest BCUT2D eigenvalue weighted by molar-refractivity contribution is 9.10. The van der Waals surface area contributed by atoms with Crippen molar-refractivity contribution in [2.24, 2.45) is 0 Å². The van der Waals surface area contributed by atoms with Crippen LogP contribution in [-0.4, -0.2) is 5.11 Å². The summed E-state index contributed by atoms with van der Waals surface area (Å²) in [6.07, 6.45) is -4.07. The summed E-state index contributed by atoms with van der Waals surface area (Å²) in [6, 6.07) is 7.32. The van der Waals surface area contributed by atoms with Gasteiger partial charge in [-0.25, -0.2) is 17.6 Å². The van der Waals surface area contributed by atoms with Crippen LogP contribution in [0, 0.1) is 11.6 Å². The molecular weight excluding hydrogens is 352 g/mol. The molecule has 0 amide bonds. The van der Waals surface area contributed by atoms with Crippen molar-refractivity contribution in [1.29, 1.82) is 0 Å². The van der Waals surface area contributed by atoms with Gasteiger partial charge in [-0.3, -0.25) is 0 Å². The molecule has 2 aromatic rings. The van der Waals surface area contributed by atoms with Gasteiger partial charge in [0.15, 0.2) is 0 Å². The maximum Gasteiger partial charge on any atom is 0.263 e. The van der Waals surface area contributed by atoms with Crippen LogP contribution >= 0.6 is 15.9 Å². The molecule has 21 heavy (non-hydrogen) atoms. The third-order valence-electron chi connectivity index (χ3n) is 3.11. The van der Waals surface area contributed by atoms with Crippen LogP contribution in [0.2, 0.25) is 0 Å². The summed E-state index contributed by atoms with van der Waals surface area (Å²) in [5.41, 5.74) is -0.112. The van der Waals surface area contributed by atoms with Crippen molar-refractivity contribution in [3.8, 4) is 0 Å². The minimum absolute atomic E-state index is 0.0964. The third-order valence-corrected chi connectivity index (χ3v) is 3.72. The van der Waals surface area contributed by atoms with Crippen LogP contribution in [0.1, 0.15) is 29.2 Å². The van der Waals surface area contributed by atoms with Gasteiger partial charge in [0.2, 0.25) is 0 Å². The fourth-order valence-electron chi connectivity index (χ4n) is 1.93. The van der Waals surface area contributed by atoms with Gasteiger partial charge in [-0.05, 0) is 33.6 Å². The molecule has 0 aliphatic rings. The van der Waals surface area contributed by atoms with Crippen molar-refractivity contribution in [1.82, 2.24) is 0 Å². The van der Waals surface area contributed by atoms with E-state index >= 15 is 0 Å². The maximum atomic E-state index is 13.8. The summed E-state index contributed by atoms with van der Waals surface area (Å²) in [7, 11) is 0. The summed E-state index contributed by atoms with van der Waals surface area (Å²) >= 11 is 2.95. The van der Waals surface area contributed by atoms with E-state index in [1.807, 2.05) is 0 Å². The van der Waals surface area contributed by atoms with E-state index in [0.717, 1.165) is 6.07 Å². The van der Waals surface area contributed by atoms with Gasteiger partial charge >= 0.3 is 0 Å². The number of hydrogen-bond donors (Lipinski definition) is 1. The Labute approximate surface area is 127 Å². The van der Waals surface area contributed by atoms with Gasteiger partial charge < -0.3 is 5.11 Å². The van der Waals surface area contributed by atoms with Crippen molar-refractivity contribution >= 4 is 15.9 Å². The Bertz CT molecular complexity index is 628. The molecule has 0 heterocycles. The van der Waals surface area contributed by atoms with Gasteiger partial charge in [0.1, 0.15) is 11.6 Å². The number of aliphatic hydroxyl groups is 1. The molecule has 0 fully saturated rings. The average molecular weight is 363 g/mol. The summed E-state index contributed by atoms with van der Waals surface area (Å²) in [6.45, 7) is 0. The zero-order chi connectivity index (χ0) is 15.6. The van der Waals surface area contributed by atoms with Gasteiger partial charge in [-0.1, -0.05) is 24.3 Å². The molecule has 2 rings (SSSR count). The van der Waals surface area contributed by atoms with E-state index in [9.17, 15) is 22.7 Å². The lowest BCUT2D eigenvalue weighted by Gasteiger charge is -2.13. The predicted octanol–water partition coefficient (Wildman–Crippen LogP) is 4.94. The van der Waals surface area contributed by atoms with Crippen LogP contribution < -0.4 is 0 Å². The first kappa shape index (κ1) is 16.0. The lowest BCUT2D eigenvalue weighted by molar-refractivity contribution is 0.150. The van der Waals surface area contributed by atoms with Crippen LogP contribution in [0.4, 0.5) is 17.6 Å². The zero-order valence-electron chi connectivity index (χ0n) is 10.7. The highest BCUT2D eigenvalue weighted by Crippen LogP contribution is 2.27.